The molecule has 4 atom stereocenters. The summed E-state index contributed by atoms with van der Waals surface area (Å²) in [6, 6.07) is 17.3. The average Bonchev–Trinajstić information content (AvgIpc) is 2.95. The molecule has 7 nitrogen and oxygen atoms in total. The number of benzene rings is 2. The number of hydrogen-bond donors (Lipinski definition) is 2. The van der Waals surface area contributed by atoms with Crippen LogP contribution in [0, 0.1) is 11.8 Å². The highest BCUT2D eigenvalue weighted by atomic mass is 16.5. The zero-order chi connectivity index (χ0) is 28.2. The number of carbonyl (C=O) groups excluding carboxylic acids is 3. The molecule has 2 aromatic carbocycles. The van der Waals surface area contributed by atoms with Gasteiger partial charge in [0, 0.05) is 13.0 Å². The Kier molecular flexibility index (Phi) is 11.5. The van der Waals surface area contributed by atoms with E-state index in [1.54, 1.807) is 24.0 Å². The monoisotopic (exact) mass is 532 g/mol. The van der Waals surface area contributed by atoms with Gasteiger partial charge in [-0.2, -0.15) is 0 Å². The highest BCUT2D eigenvalue weighted by Crippen LogP contribution is 2.25. The Labute approximate surface area is 231 Å². The zero-order valence-electron chi connectivity index (χ0n) is 22.8. The van der Waals surface area contributed by atoms with E-state index in [0.29, 0.717) is 32.2 Å². The standard InChI is InChI=1S/C32H40N2O5/c1-4-11-26(19-30(36)34-21-28-16-10-9-15-25(28)18-29(34)22-35)31(37)33-20-23(3)39-32(38)27(12-5-2)17-24-13-7-6-8-14-24/h4-10,13-16,23,26-27,29,35H,1-2,11-12,17-22H2,3H3,(H,33,37)/t23-,26+,27-,29-/m0/s1. The van der Waals surface area contributed by atoms with E-state index in [1.165, 1.54) is 0 Å². The fourth-order valence-electron chi connectivity index (χ4n) is 4.94. The summed E-state index contributed by atoms with van der Waals surface area (Å²) in [6.07, 6.45) is 4.75. The van der Waals surface area contributed by atoms with Crippen molar-refractivity contribution in [3.63, 3.8) is 0 Å². The molecule has 0 saturated carbocycles. The number of ether oxygens (including phenoxy) is 1. The van der Waals surface area contributed by atoms with E-state index in [0.717, 1.165) is 16.7 Å². The summed E-state index contributed by atoms with van der Waals surface area (Å²) in [5, 5.41) is 12.8. The summed E-state index contributed by atoms with van der Waals surface area (Å²) in [7, 11) is 0. The second-order valence-electron chi connectivity index (χ2n) is 10.2. The van der Waals surface area contributed by atoms with Gasteiger partial charge in [0.2, 0.25) is 11.8 Å². The molecule has 1 heterocycles. The number of aliphatic hydroxyl groups excluding tert-OH is 1. The fourth-order valence-corrected chi connectivity index (χ4v) is 4.94. The van der Waals surface area contributed by atoms with Gasteiger partial charge in [0.1, 0.15) is 6.10 Å². The first kappa shape index (κ1) is 29.8. The Hall–Kier alpha value is -3.71. The molecule has 208 valence electrons. The zero-order valence-corrected chi connectivity index (χ0v) is 22.8. The van der Waals surface area contributed by atoms with Crippen LogP contribution in [0.1, 0.15) is 42.9 Å². The molecule has 0 radical (unpaired) electrons. The molecule has 0 aliphatic carbocycles. The molecule has 0 fully saturated rings. The summed E-state index contributed by atoms with van der Waals surface area (Å²) < 4.78 is 5.64. The predicted molar refractivity (Wildman–Crippen MR) is 152 cm³/mol. The minimum atomic E-state index is -0.610. The van der Waals surface area contributed by atoms with Crippen LogP contribution in [0.2, 0.25) is 0 Å². The topological polar surface area (TPSA) is 95.9 Å². The first-order valence-electron chi connectivity index (χ1n) is 13.6. The minimum Gasteiger partial charge on any atom is -0.461 e. The number of carbonyl (C=O) groups is 3. The molecular formula is C32H40N2O5. The lowest BCUT2D eigenvalue weighted by Crippen LogP contribution is -2.47. The van der Waals surface area contributed by atoms with Gasteiger partial charge in [0.25, 0.3) is 0 Å². The van der Waals surface area contributed by atoms with Crippen LogP contribution < -0.4 is 5.32 Å². The molecule has 2 aromatic rings. The van der Waals surface area contributed by atoms with Crippen LogP contribution in [0.3, 0.4) is 0 Å². The normalized spacial score (nSPS) is 16.8. The van der Waals surface area contributed by atoms with Gasteiger partial charge in [-0.25, -0.2) is 0 Å². The quantitative estimate of drug-likeness (QED) is 0.283. The Morgan fingerprint density at radius 3 is 2.33 bits per heavy atom. The molecule has 0 aromatic heterocycles. The summed E-state index contributed by atoms with van der Waals surface area (Å²) in [6.45, 7) is 9.64. The number of esters is 1. The van der Waals surface area contributed by atoms with Gasteiger partial charge in [-0.05, 0) is 49.3 Å². The lowest BCUT2D eigenvalue weighted by atomic mass is 9.92. The van der Waals surface area contributed by atoms with Crippen molar-refractivity contribution in [1.82, 2.24) is 10.2 Å². The second-order valence-corrected chi connectivity index (χ2v) is 10.2. The van der Waals surface area contributed by atoms with Crippen LogP contribution in [-0.2, 0) is 38.5 Å². The Bertz CT molecular complexity index is 1130. The fraction of sp³-hybridized carbons (Fsp3) is 0.406. The maximum absolute atomic E-state index is 13.3. The van der Waals surface area contributed by atoms with E-state index >= 15 is 0 Å². The lowest BCUT2D eigenvalue weighted by Gasteiger charge is -2.36. The largest absolute Gasteiger partial charge is 0.461 e. The maximum atomic E-state index is 13.3. The van der Waals surface area contributed by atoms with Crippen LogP contribution in [0.15, 0.2) is 79.9 Å². The summed E-state index contributed by atoms with van der Waals surface area (Å²) in [5.41, 5.74) is 3.22. The highest BCUT2D eigenvalue weighted by molar-refractivity contribution is 5.86. The maximum Gasteiger partial charge on any atom is 0.309 e. The van der Waals surface area contributed by atoms with Crippen LogP contribution in [-0.4, -0.2) is 53.1 Å². The van der Waals surface area contributed by atoms with Gasteiger partial charge in [0.05, 0.1) is 31.0 Å². The molecule has 1 aliphatic rings. The number of rotatable bonds is 14. The van der Waals surface area contributed by atoms with Crippen LogP contribution in [0.4, 0.5) is 0 Å². The highest BCUT2D eigenvalue weighted by Gasteiger charge is 2.32. The van der Waals surface area contributed by atoms with Gasteiger partial charge in [-0.3, -0.25) is 14.4 Å². The molecule has 0 bridgehead atoms. The molecule has 39 heavy (non-hydrogen) atoms. The predicted octanol–water partition coefficient (Wildman–Crippen LogP) is 4.00. The van der Waals surface area contributed by atoms with Gasteiger partial charge in [0.15, 0.2) is 0 Å². The SMILES string of the molecule is C=CC[C@H](CC(=O)N1Cc2ccccc2C[C@H]1CO)C(=O)NC[C@H](C)OC(=O)[C@@H](CC=C)Cc1ccccc1. The van der Waals surface area contributed by atoms with Crippen molar-refractivity contribution < 1.29 is 24.2 Å². The Morgan fingerprint density at radius 1 is 1.03 bits per heavy atom. The summed E-state index contributed by atoms with van der Waals surface area (Å²) in [5.74, 6) is -1.78. The number of allylic oxidation sites excluding steroid dienone is 2. The van der Waals surface area contributed by atoms with Crippen LogP contribution in [0.25, 0.3) is 0 Å². The average molecular weight is 533 g/mol. The van der Waals surface area contributed by atoms with Crippen molar-refractivity contribution in [3.8, 4) is 0 Å². The molecule has 0 saturated heterocycles. The minimum absolute atomic E-state index is 0.00315. The first-order chi connectivity index (χ1) is 18.9. The number of amides is 2. The van der Waals surface area contributed by atoms with Gasteiger partial charge in [-0.15, -0.1) is 13.2 Å². The Balaban J connectivity index is 1.54. The van der Waals surface area contributed by atoms with E-state index in [9.17, 15) is 19.5 Å². The van der Waals surface area contributed by atoms with Crippen LogP contribution >= 0.6 is 0 Å². The van der Waals surface area contributed by atoms with E-state index in [1.807, 2.05) is 54.6 Å². The number of nitrogens with zero attached hydrogens (tertiary/aromatic N) is 1. The van der Waals surface area contributed by atoms with Crippen molar-refractivity contribution in [2.45, 2.75) is 57.7 Å². The van der Waals surface area contributed by atoms with E-state index in [-0.39, 0.29) is 49.3 Å². The number of hydrogen-bond acceptors (Lipinski definition) is 5. The van der Waals surface area contributed by atoms with Gasteiger partial charge >= 0.3 is 5.97 Å². The molecule has 2 amide bonds. The molecule has 0 unspecified atom stereocenters. The van der Waals surface area contributed by atoms with Crippen molar-refractivity contribution in [1.29, 1.82) is 0 Å². The molecule has 1 aliphatic heterocycles. The number of aliphatic hydroxyl groups is 1. The van der Waals surface area contributed by atoms with Gasteiger partial charge in [-0.1, -0.05) is 66.7 Å². The molecule has 0 spiro atoms. The van der Waals surface area contributed by atoms with Crippen LogP contribution in [0.5, 0.6) is 0 Å². The van der Waals surface area contributed by atoms with Crippen molar-refractivity contribution in [2.75, 3.05) is 13.2 Å². The second kappa shape index (κ2) is 15.0. The van der Waals surface area contributed by atoms with Crippen molar-refractivity contribution >= 4 is 17.8 Å². The number of nitrogens with one attached hydrogen (secondary N) is 1. The summed E-state index contributed by atoms with van der Waals surface area (Å²) >= 11 is 0. The number of fused-ring (bicyclic) bond motifs is 1. The third-order valence-corrected chi connectivity index (χ3v) is 7.12. The molecular weight excluding hydrogens is 492 g/mol. The molecule has 2 N–H and O–H groups in total. The van der Waals surface area contributed by atoms with E-state index < -0.39 is 12.0 Å². The third-order valence-electron chi connectivity index (χ3n) is 7.12. The molecule has 7 heteroatoms. The lowest BCUT2D eigenvalue weighted by molar-refractivity contribution is -0.153. The van der Waals surface area contributed by atoms with E-state index in [2.05, 4.69) is 18.5 Å². The van der Waals surface area contributed by atoms with Crippen molar-refractivity contribution in [2.24, 2.45) is 11.8 Å². The summed E-state index contributed by atoms with van der Waals surface area (Å²) in [4.78, 5) is 40.8. The first-order valence-corrected chi connectivity index (χ1v) is 13.6. The molecule has 3 rings (SSSR count). The van der Waals surface area contributed by atoms with Gasteiger partial charge < -0.3 is 20.1 Å². The Morgan fingerprint density at radius 2 is 1.67 bits per heavy atom. The van der Waals surface area contributed by atoms with E-state index in [4.69, 9.17) is 4.74 Å². The third kappa shape index (κ3) is 8.65. The van der Waals surface area contributed by atoms with Crippen molar-refractivity contribution in [3.05, 3.63) is 96.6 Å². The smallest absolute Gasteiger partial charge is 0.309 e.